The summed E-state index contributed by atoms with van der Waals surface area (Å²) in [6, 6.07) is 13.4. The lowest BCUT2D eigenvalue weighted by Gasteiger charge is -2.14. The molecular formula is C16H13BrN4O. The second kappa shape index (κ2) is 6.53. The zero-order chi connectivity index (χ0) is 15.4. The van der Waals surface area contributed by atoms with Gasteiger partial charge in [0.2, 0.25) is 0 Å². The molecule has 0 spiro atoms. The zero-order valence-corrected chi connectivity index (χ0v) is 13.4. The highest BCUT2D eigenvalue weighted by atomic mass is 79.9. The monoisotopic (exact) mass is 356 g/mol. The summed E-state index contributed by atoms with van der Waals surface area (Å²) in [5, 5.41) is 0. The number of ether oxygens (including phenoxy) is 1. The van der Waals surface area contributed by atoms with Crippen LogP contribution in [0.1, 0.15) is 0 Å². The summed E-state index contributed by atoms with van der Waals surface area (Å²) in [6.45, 7) is 0. The fourth-order valence-corrected chi connectivity index (χ4v) is 2.22. The van der Waals surface area contributed by atoms with E-state index in [1.54, 1.807) is 18.0 Å². The van der Waals surface area contributed by atoms with E-state index in [9.17, 15) is 0 Å². The van der Waals surface area contributed by atoms with Gasteiger partial charge in [-0.3, -0.25) is 0 Å². The van der Waals surface area contributed by atoms with Gasteiger partial charge in [0.05, 0.1) is 12.8 Å². The quantitative estimate of drug-likeness (QED) is 0.670. The van der Waals surface area contributed by atoms with Gasteiger partial charge in [-0.05, 0) is 46.4 Å². The molecule has 6 heteroatoms. The van der Waals surface area contributed by atoms with Crippen molar-refractivity contribution in [3.63, 3.8) is 0 Å². The van der Waals surface area contributed by atoms with Crippen molar-refractivity contribution in [2.24, 2.45) is 0 Å². The van der Waals surface area contributed by atoms with Crippen LogP contribution < -0.4 is 9.41 Å². The molecular weight excluding hydrogens is 344 g/mol. The largest absolute Gasteiger partial charge is 0.497 e. The van der Waals surface area contributed by atoms with E-state index in [1.165, 1.54) is 0 Å². The Labute approximate surface area is 136 Å². The molecule has 0 saturated carbocycles. The van der Waals surface area contributed by atoms with Gasteiger partial charge in [0, 0.05) is 23.5 Å². The van der Waals surface area contributed by atoms with Crippen molar-refractivity contribution >= 4 is 21.7 Å². The Morgan fingerprint density at radius 1 is 1.09 bits per heavy atom. The minimum atomic E-state index is 0.546. The third-order valence-corrected chi connectivity index (χ3v) is 3.38. The first-order chi connectivity index (χ1) is 10.8. The van der Waals surface area contributed by atoms with Crippen molar-refractivity contribution in [2.45, 2.75) is 0 Å². The Bertz CT molecular complexity index is 763. The first-order valence-electron chi connectivity index (χ1n) is 6.61. The van der Waals surface area contributed by atoms with Gasteiger partial charge in [0.1, 0.15) is 10.4 Å². The predicted molar refractivity (Wildman–Crippen MR) is 86.8 cm³/mol. The number of rotatable bonds is 4. The summed E-state index contributed by atoms with van der Waals surface area (Å²) < 4.78 is 7.54. The van der Waals surface area contributed by atoms with Crippen molar-refractivity contribution in [3.05, 3.63) is 71.1 Å². The minimum Gasteiger partial charge on any atom is -0.497 e. The average Bonchev–Trinajstić information content (AvgIpc) is 2.57. The molecule has 3 aromatic rings. The van der Waals surface area contributed by atoms with Gasteiger partial charge >= 0.3 is 0 Å². The fraction of sp³-hybridized carbons (Fsp3) is 0.0625. The highest BCUT2D eigenvalue weighted by Gasteiger charge is 2.07. The van der Waals surface area contributed by atoms with E-state index >= 15 is 0 Å². The molecule has 0 aliphatic carbocycles. The number of methoxy groups -OCH3 is 1. The van der Waals surface area contributed by atoms with E-state index in [0.717, 1.165) is 11.3 Å². The lowest BCUT2D eigenvalue weighted by atomic mass is 10.1. The molecule has 22 heavy (non-hydrogen) atoms. The van der Waals surface area contributed by atoms with E-state index in [-0.39, 0.29) is 0 Å². The zero-order valence-electron chi connectivity index (χ0n) is 11.8. The van der Waals surface area contributed by atoms with Crippen molar-refractivity contribution < 1.29 is 9.41 Å². The SMILES string of the molecule is COc1ccc(-c2nc(Br)cnc2[N-][n+]2ccccc2)cc1. The molecule has 0 saturated heterocycles. The number of hydrogen-bond acceptors (Lipinski definition) is 3. The smallest absolute Gasteiger partial charge is 0.182 e. The van der Waals surface area contributed by atoms with Crippen LogP contribution in [0, 0.1) is 0 Å². The van der Waals surface area contributed by atoms with E-state index < -0.39 is 0 Å². The molecule has 0 bridgehead atoms. The number of hydrogen-bond donors (Lipinski definition) is 0. The molecule has 0 aliphatic heterocycles. The lowest BCUT2D eigenvalue weighted by molar-refractivity contribution is -0.619. The number of halogens is 1. The van der Waals surface area contributed by atoms with E-state index in [4.69, 9.17) is 4.74 Å². The highest BCUT2D eigenvalue weighted by Crippen LogP contribution is 2.30. The molecule has 0 atom stereocenters. The van der Waals surface area contributed by atoms with Gasteiger partial charge in [0.25, 0.3) is 0 Å². The Hall–Kier alpha value is -2.47. The van der Waals surface area contributed by atoms with Crippen LogP contribution >= 0.6 is 15.9 Å². The molecule has 0 fully saturated rings. The number of pyridine rings is 1. The van der Waals surface area contributed by atoms with Crippen LogP contribution in [0.2, 0.25) is 0 Å². The fourth-order valence-electron chi connectivity index (χ4n) is 1.94. The molecule has 0 unspecified atom stereocenters. The number of aromatic nitrogens is 3. The van der Waals surface area contributed by atoms with Gasteiger partial charge in [-0.15, -0.1) is 0 Å². The molecule has 0 radical (unpaired) electrons. The summed E-state index contributed by atoms with van der Waals surface area (Å²) >= 11 is 3.36. The van der Waals surface area contributed by atoms with Gasteiger partial charge in [-0.1, -0.05) is 6.07 Å². The topological polar surface area (TPSA) is 53.0 Å². The Morgan fingerprint density at radius 3 is 2.50 bits per heavy atom. The summed E-state index contributed by atoms with van der Waals surface area (Å²) in [4.78, 5) is 8.87. The van der Waals surface area contributed by atoms with Gasteiger partial charge in [0.15, 0.2) is 12.4 Å². The van der Waals surface area contributed by atoms with Crippen molar-refractivity contribution in [3.8, 4) is 17.0 Å². The summed E-state index contributed by atoms with van der Waals surface area (Å²) in [7, 11) is 1.64. The van der Waals surface area contributed by atoms with Crippen LogP contribution in [-0.4, -0.2) is 17.1 Å². The third-order valence-electron chi connectivity index (χ3n) is 3.00. The van der Waals surface area contributed by atoms with Gasteiger partial charge < -0.3 is 9.72 Å². The molecule has 2 aromatic heterocycles. The highest BCUT2D eigenvalue weighted by molar-refractivity contribution is 9.10. The van der Waals surface area contributed by atoms with Crippen molar-refractivity contribution in [1.29, 1.82) is 0 Å². The molecule has 5 nitrogen and oxygen atoms in total. The van der Waals surface area contributed by atoms with Crippen LogP contribution in [0.4, 0.5) is 5.82 Å². The van der Waals surface area contributed by atoms with E-state index in [0.29, 0.717) is 16.1 Å². The summed E-state index contributed by atoms with van der Waals surface area (Å²) in [6.07, 6.45) is 5.33. The van der Waals surface area contributed by atoms with Crippen LogP contribution in [0.3, 0.4) is 0 Å². The Kier molecular flexibility index (Phi) is 4.29. The Morgan fingerprint density at radius 2 is 1.82 bits per heavy atom. The maximum absolute atomic E-state index is 5.18. The normalized spacial score (nSPS) is 10.3. The van der Waals surface area contributed by atoms with Crippen molar-refractivity contribution in [1.82, 2.24) is 9.97 Å². The minimum absolute atomic E-state index is 0.546. The second-order valence-corrected chi connectivity index (χ2v) is 5.26. The first kappa shape index (κ1) is 14.5. The molecule has 0 aliphatic rings. The predicted octanol–water partition coefficient (Wildman–Crippen LogP) is 3.67. The van der Waals surface area contributed by atoms with Crippen molar-refractivity contribution in [2.75, 3.05) is 7.11 Å². The number of benzene rings is 1. The third kappa shape index (κ3) is 3.23. The number of nitrogens with zero attached hydrogens (tertiary/aromatic N) is 4. The van der Waals surface area contributed by atoms with Crippen LogP contribution in [0.25, 0.3) is 16.7 Å². The molecule has 3 rings (SSSR count). The standard InChI is InChI=1S/C16H13BrN4O/c1-22-13-7-5-12(6-8-13)15-16(18-11-14(17)19-15)20-21-9-3-2-4-10-21/h2-11H,1H3. The maximum atomic E-state index is 5.18. The molecule has 0 amide bonds. The molecule has 1 aromatic carbocycles. The average molecular weight is 357 g/mol. The van der Waals surface area contributed by atoms with Crippen LogP contribution in [-0.2, 0) is 0 Å². The van der Waals surface area contributed by atoms with Crippen LogP contribution in [0.15, 0.2) is 65.7 Å². The Balaban J connectivity index is 2.00. The first-order valence-corrected chi connectivity index (χ1v) is 7.41. The van der Waals surface area contributed by atoms with E-state index in [1.807, 2.05) is 54.9 Å². The van der Waals surface area contributed by atoms with E-state index in [2.05, 4.69) is 31.3 Å². The summed E-state index contributed by atoms with van der Waals surface area (Å²) in [5.74, 6) is 1.34. The maximum Gasteiger partial charge on any atom is 0.182 e. The lowest BCUT2D eigenvalue weighted by Crippen LogP contribution is -2.26. The second-order valence-electron chi connectivity index (χ2n) is 4.45. The molecule has 0 N–H and O–H groups in total. The molecule has 2 heterocycles. The van der Waals surface area contributed by atoms with Gasteiger partial charge in [-0.25, -0.2) is 4.98 Å². The van der Waals surface area contributed by atoms with Gasteiger partial charge in [-0.2, -0.15) is 10.1 Å². The molecule has 110 valence electrons. The van der Waals surface area contributed by atoms with Crippen LogP contribution in [0.5, 0.6) is 5.75 Å². The summed E-state index contributed by atoms with van der Waals surface area (Å²) in [5.41, 5.74) is 6.12.